The van der Waals surface area contributed by atoms with Gasteiger partial charge in [0.15, 0.2) is 0 Å². The fraction of sp³-hybridized carbons (Fsp3) is 0.286. The van der Waals surface area contributed by atoms with Crippen LogP contribution in [0.1, 0.15) is 33.4 Å². The summed E-state index contributed by atoms with van der Waals surface area (Å²) in [5.41, 5.74) is 3.32. The summed E-state index contributed by atoms with van der Waals surface area (Å²) in [6.07, 6.45) is 1.59. The van der Waals surface area contributed by atoms with Gasteiger partial charge in [-0.1, -0.05) is 34.1 Å². The molecule has 0 bridgehead atoms. The van der Waals surface area contributed by atoms with E-state index in [-0.39, 0.29) is 10.7 Å². The minimum Gasteiger partial charge on any atom is -0.322 e. The van der Waals surface area contributed by atoms with Gasteiger partial charge in [0.25, 0.3) is 5.91 Å². The van der Waals surface area contributed by atoms with Crippen LogP contribution in [0.15, 0.2) is 30.5 Å². The van der Waals surface area contributed by atoms with Crippen molar-refractivity contribution in [1.82, 2.24) is 9.78 Å². The number of aromatic nitrogens is 2. The predicted molar refractivity (Wildman–Crippen MR) is 79.7 cm³/mol. The number of rotatable bonds is 3. The molecule has 2 aromatic rings. The number of para-hydroxylation sites is 1. The Kier molecular flexibility index (Phi) is 4.04. The zero-order chi connectivity index (χ0) is 14.0. The molecular weight excluding hydrogens is 306 g/mol. The lowest BCUT2D eigenvalue weighted by Crippen LogP contribution is -2.14. The molecule has 0 radical (unpaired) electrons. The molecule has 0 spiro atoms. The van der Waals surface area contributed by atoms with Gasteiger partial charge in [-0.3, -0.25) is 9.48 Å². The largest absolute Gasteiger partial charge is 0.322 e. The van der Waals surface area contributed by atoms with E-state index in [2.05, 4.69) is 26.3 Å². The lowest BCUT2D eigenvalue weighted by atomic mass is 10.1. The average Bonchev–Trinajstić information content (AvgIpc) is 2.70. The molecule has 1 aromatic carbocycles. The predicted octanol–water partition coefficient (Wildman–Crippen LogP) is 3.44. The van der Waals surface area contributed by atoms with E-state index in [1.807, 2.05) is 45.2 Å². The highest BCUT2D eigenvalue weighted by molar-refractivity contribution is 9.09. The molecule has 0 fully saturated rings. The van der Waals surface area contributed by atoms with E-state index in [0.29, 0.717) is 5.56 Å². The van der Waals surface area contributed by atoms with E-state index >= 15 is 0 Å². The highest BCUT2D eigenvalue weighted by atomic mass is 79.9. The van der Waals surface area contributed by atoms with Crippen LogP contribution in [0.2, 0.25) is 0 Å². The van der Waals surface area contributed by atoms with Crippen molar-refractivity contribution in [3.05, 3.63) is 47.3 Å². The van der Waals surface area contributed by atoms with Gasteiger partial charge in [0.1, 0.15) is 0 Å². The van der Waals surface area contributed by atoms with Crippen molar-refractivity contribution in [2.45, 2.75) is 18.7 Å². The molecule has 0 saturated carbocycles. The lowest BCUT2D eigenvalue weighted by Gasteiger charge is -2.12. The van der Waals surface area contributed by atoms with E-state index in [0.717, 1.165) is 16.9 Å². The molecule has 1 heterocycles. The van der Waals surface area contributed by atoms with Gasteiger partial charge in [0, 0.05) is 23.3 Å². The molecule has 1 atom stereocenters. The Balaban J connectivity index is 2.27. The first-order valence-corrected chi connectivity index (χ1v) is 6.95. The Morgan fingerprint density at radius 1 is 1.42 bits per heavy atom. The molecule has 19 heavy (non-hydrogen) atoms. The van der Waals surface area contributed by atoms with Crippen LogP contribution in [0.5, 0.6) is 0 Å². The van der Waals surface area contributed by atoms with Crippen LogP contribution in [0.25, 0.3) is 0 Å². The van der Waals surface area contributed by atoms with Crippen LogP contribution >= 0.6 is 15.9 Å². The van der Waals surface area contributed by atoms with Crippen LogP contribution in [-0.4, -0.2) is 15.7 Å². The molecule has 100 valence electrons. The summed E-state index contributed by atoms with van der Waals surface area (Å²) in [4.78, 5) is 12.4. The van der Waals surface area contributed by atoms with Crippen molar-refractivity contribution in [1.29, 1.82) is 0 Å². The first-order valence-electron chi connectivity index (χ1n) is 6.03. The van der Waals surface area contributed by atoms with Crippen LogP contribution < -0.4 is 5.32 Å². The van der Waals surface area contributed by atoms with Gasteiger partial charge >= 0.3 is 0 Å². The quantitative estimate of drug-likeness (QED) is 0.880. The number of carbonyl (C=O) groups is 1. The molecule has 1 aromatic heterocycles. The number of nitrogens with one attached hydrogen (secondary N) is 1. The normalized spacial score (nSPS) is 12.2. The molecule has 0 aliphatic heterocycles. The van der Waals surface area contributed by atoms with Gasteiger partial charge in [-0.05, 0) is 25.5 Å². The third-order valence-electron chi connectivity index (χ3n) is 3.12. The number of nitrogens with zero attached hydrogens (tertiary/aromatic N) is 2. The maximum absolute atomic E-state index is 12.2. The van der Waals surface area contributed by atoms with Crippen molar-refractivity contribution in [2.75, 3.05) is 5.32 Å². The maximum Gasteiger partial charge on any atom is 0.259 e. The highest BCUT2D eigenvalue weighted by Crippen LogP contribution is 2.29. The molecule has 4 nitrogen and oxygen atoms in total. The second-order valence-corrected chi connectivity index (χ2v) is 5.80. The van der Waals surface area contributed by atoms with Crippen molar-refractivity contribution < 1.29 is 4.79 Å². The summed E-state index contributed by atoms with van der Waals surface area (Å²) in [5.74, 6) is -0.133. The first-order chi connectivity index (χ1) is 9.00. The summed E-state index contributed by atoms with van der Waals surface area (Å²) in [7, 11) is 1.82. The van der Waals surface area contributed by atoms with Crippen molar-refractivity contribution in [3.8, 4) is 0 Å². The maximum atomic E-state index is 12.2. The Morgan fingerprint density at radius 3 is 2.68 bits per heavy atom. The number of hydrogen-bond donors (Lipinski definition) is 1. The summed E-state index contributed by atoms with van der Waals surface area (Å²) in [5, 5.41) is 7.02. The summed E-state index contributed by atoms with van der Waals surface area (Å²) in [6.45, 7) is 3.90. The third kappa shape index (κ3) is 2.87. The number of carbonyl (C=O) groups excluding carboxylic acids is 1. The smallest absolute Gasteiger partial charge is 0.259 e. The van der Waals surface area contributed by atoms with Crippen molar-refractivity contribution >= 4 is 27.5 Å². The van der Waals surface area contributed by atoms with Gasteiger partial charge in [-0.15, -0.1) is 0 Å². The molecule has 1 N–H and O–H groups in total. The van der Waals surface area contributed by atoms with Gasteiger partial charge in [0.2, 0.25) is 0 Å². The molecule has 0 aliphatic carbocycles. The number of amides is 1. The Bertz CT molecular complexity index is 604. The topological polar surface area (TPSA) is 46.9 Å². The number of alkyl halides is 1. The molecule has 1 amide bonds. The van der Waals surface area contributed by atoms with E-state index in [9.17, 15) is 4.79 Å². The van der Waals surface area contributed by atoms with E-state index in [4.69, 9.17) is 0 Å². The number of hydrogen-bond acceptors (Lipinski definition) is 2. The molecule has 0 aliphatic rings. The molecule has 2 rings (SSSR count). The van der Waals surface area contributed by atoms with Crippen molar-refractivity contribution in [2.24, 2.45) is 7.05 Å². The second-order valence-electron chi connectivity index (χ2n) is 4.42. The number of aryl methyl sites for hydroxylation is 1. The summed E-state index contributed by atoms with van der Waals surface area (Å²) in [6, 6.07) is 7.75. The standard InChI is InChI=1S/C14H16BrN3O/c1-9(15)11-6-4-5-7-13(11)17-14(19)12-8-16-18(3)10(12)2/h4-9H,1-3H3,(H,17,19). The molecule has 5 heteroatoms. The minimum atomic E-state index is -0.133. The van der Waals surface area contributed by atoms with Gasteiger partial charge in [-0.25, -0.2) is 0 Å². The van der Waals surface area contributed by atoms with Crippen LogP contribution in [0.3, 0.4) is 0 Å². The van der Waals surface area contributed by atoms with Gasteiger partial charge < -0.3 is 5.32 Å². The lowest BCUT2D eigenvalue weighted by molar-refractivity contribution is 0.102. The van der Waals surface area contributed by atoms with Gasteiger partial charge in [-0.2, -0.15) is 5.10 Å². The second kappa shape index (κ2) is 5.57. The van der Waals surface area contributed by atoms with E-state index in [1.165, 1.54) is 0 Å². The van der Waals surface area contributed by atoms with Crippen molar-refractivity contribution in [3.63, 3.8) is 0 Å². The fourth-order valence-electron chi connectivity index (χ4n) is 1.87. The molecular formula is C14H16BrN3O. The highest BCUT2D eigenvalue weighted by Gasteiger charge is 2.15. The average molecular weight is 322 g/mol. The van der Waals surface area contributed by atoms with E-state index in [1.54, 1.807) is 10.9 Å². The van der Waals surface area contributed by atoms with Gasteiger partial charge in [0.05, 0.1) is 11.8 Å². The van der Waals surface area contributed by atoms with E-state index < -0.39 is 0 Å². The van der Waals surface area contributed by atoms with Crippen LogP contribution in [0.4, 0.5) is 5.69 Å². The zero-order valence-electron chi connectivity index (χ0n) is 11.1. The fourth-order valence-corrected chi connectivity index (χ4v) is 2.27. The minimum absolute atomic E-state index is 0.133. The first kappa shape index (κ1) is 13.8. The zero-order valence-corrected chi connectivity index (χ0v) is 12.7. The van der Waals surface area contributed by atoms with Crippen LogP contribution in [0, 0.1) is 6.92 Å². The SMILES string of the molecule is Cc1c(C(=O)Nc2ccccc2C(C)Br)cnn1C. The Hall–Kier alpha value is -1.62. The number of halogens is 1. The molecule has 1 unspecified atom stereocenters. The summed E-state index contributed by atoms with van der Waals surface area (Å²) < 4.78 is 1.69. The Morgan fingerprint density at radius 2 is 2.11 bits per heavy atom. The molecule has 0 saturated heterocycles. The summed E-state index contributed by atoms with van der Waals surface area (Å²) >= 11 is 3.53. The van der Waals surface area contributed by atoms with Crippen LogP contribution in [-0.2, 0) is 7.05 Å². The Labute approximate surface area is 120 Å². The monoisotopic (exact) mass is 321 g/mol. The number of anilines is 1. The third-order valence-corrected chi connectivity index (χ3v) is 3.61. The number of benzene rings is 1.